The minimum atomic E-state index is -0.359. The largest absolute Gasteiger partial charge is 0.462 e. The Hall–Kier alpha value is -3.18. The van der Waals surface area contributed by atoms with Crippen molar-refractivity contribution in [1.82, 2.24) is 0 Å². The van der Waals surface area contributed by atoms with Crippen LogP contribution in [0.25, 0.3) is 11.6 Å². The third kappa shape index (κ3) is 4.68. The van der Waals surface area contributed by atoms with E-state index in [2.05, 4.69) is 12.2 Å². The van der Waals surface area contributed by atoms with Crippen molar-refractivity contribution >= 4 is 39.9 Å². The number of fused-ring (bicyclic) bond motifs is 1. The minimum absolute atomic E-state index is 0.239. The van der Waals surface area contributed by atoms with E-state index in [0.717, 1.165) is 36.0 Å². The summed E-state index contributed by atoms with van der Waals surface area (Å²) in [5.41, 5.74) is 3.88. The minimum Gasteiger partial charge on any atom is -0.462 e. The summed E-state index contributed by atoms with van der Waals surface area (Å²) in [6.45, 7) is 4.24. The fourth-order valence-electron chi connectivity index (χ4n) is 4.19. The van der Waals surface area contributed by atoms with Gasteiger partial charge in [0.05, 0.1) is 12.2 Å². The molecule has 3 aromatic rings. The predicted molar refractivity (Wildman–Crippen MR) is 131 cm³/mol. The molecule has 1 aliphatic carbocycles. The molecule has 32 heavy (non-hydrogen) atoms. The molecule has 0 saturated carbocycles. The number of hydrogen-bond donors (Lipinski definition) is 1. The topological polar surface area (TPSA) is 55.4 Å². The van der Waals surface area contributed by atoms with Crippen LogP contribution >= 0.6 is 11.3 Å². The highest BCUT2D eigenvalue weighted by molar-refractivity contribution is 7.17. The van der Waals surface area contributed by atoms with Gasteiger partial charge in [-0.05, 0) is 54.9 Å². The molecule has 0 saturated heterocycles. The molecule has 164 valence electrons. The molecule has 1 aliphatic rings. The average Bonchev–Trinajstić information content (AvgIpc) is 3.18. The van der Waals surface area contributed by atoms with Gasteiger partial charge in [-0.25, -0.2) is 4.79 Å². The Kier molecular flexibility index (Phi) is 6.86. The molecule has 1 N–H and O–H groups in total. The molecule has 1 aromatic heterocycles. The lowest BCUT2D eigenvalue weighted by atomic mass is 9.86. The van der Waals surface area contributed by atoms with Gasteiger partial charge in [0.25, 0.3) is 5.91 Å². The lowest BCUT2D eigenvalue weighted by Crippen LogP contribution is -2.17. The van der Waals surface area contributed by atoms with Crippen LogP contribution in [0.2, 0.25) is 0 Å². The summed E-state index contributed by atoms with van der Waals surface area (Å²) in [6, 6.07) is 19.4. The number of amides is 1. The van der Waals surface area contributed by atoms with Crippen LogP contribution in [0.15, 0.2) is 60.7 Å². The van der Waals surface area contributed by atoms with E-state index in [9.17, 15) is 9.59 Å². The molecule has 0 bridgehead atoms. The summed E-state index contributed by atoms with van der Waals surface area (Å²) < 4.78 is 5.37. The maximum atomic E-state index is 13.5. The number of thiophene rings is 1. The number of rotatable bonds is 6. The van der Waals surface area contributed by atoms with Crippen LogP contribution in [-0.2, 0) is 16.0 Å². The van der Waals surface area contributed by atoms with Gasteiger partial charge in [-0.15, -0.1) is 11.3 Å². The maximum absolute atomic E-state index is 13.5. The van der Waals surface area contributed by atoms with Gasteiger partial charge in [0.2, 0.25) is 0 Å². The van der Waals surface area contributed by atoms with E-state index in [1.54, 1.807) is 6.92 Å². The Bertz CT molecular complexity index is 1130. The number of hydrogen-bond acceptors (Lipinski definition) is 4. The summed E-state index contributed by atoms with van der Waals surface area (Å²) in [7, 11) is 0. The molecule has 4 rings (SSSR count). The summed E-state index contributed by atoms with van der Waals surface area (Å²) in [4.78, 5) is 27.6. The lowest BCUT2D eigenvalue weighted by molar-refractivity contribution is -0.111. The zero-order valence-corrected chi connectivity index (χ0v) is 19.2. The van der Waals surface area contributed by atoms with Crippen LogP contribution in [-0.4, -0.2) is 18.5 Å². The number of esters is 1. The van der Waals surface area contributed by atoms with Gasteiger partial charge in [0.15, 0.2) is 0 Å². The first-order chi connectivity index (χ1) is 15.6. The van der Waals surface area contributed by atoms with E-state index >= 15 is 0 Å². The Labute approximate surface area is 192 Å². The van der Waals surface area contributed by atoms with Crippen LogP contribution in [0.4, 0.5) is 5.00 Å². The van der Waals surface area contributed by atoms with Crippen LogP contribution < -0.4 is 5.32 Å². The third-order valence-corrected chi connectivity index (χ3v) is 6.88. The SMILES string of the molecule is CCOC(=O)c1c(NC(=O)C(=Cc2ccccc2)c2ccccc2)sc2c1C(C)CCC2. The Morgan fingerprint density at radius 2 is 1.78 bits per heavy atom. The molecule has 1 unspecified atom stereocenters. The van der Waals surface area contributed by atoms with Crippen molar-refractivity contribution in [3.8, 4) is 0 Å². The molecule has 1 heterocycles. The van der Waals surface area contributed by atoms with Gasteiger partial charge in [-0.3, -0.25) is 4.79 Å². The smallest absolute Gasteiger partial charge is 0.341 e. The Morgan fingerprint density at radius 3 is 2.47 bits per heavy atom. The molecule has 0 fully saturated rings. The Morgan fingerprint density at radius 1 is 1.09 bits per heavy atom. The second-order valence-corrected chi connectivity index (χ2v) is 9.05. The number of carbonyl (C=O) groups excluding carboxylic acids is 2. The Balaban J connectivity index is 1.74. The second kappa shape index (κ2) is 9.96. The molecule has 0 aliphatic heterocycles. The number of carbonyl (C=O) groups is 2. The van der Waals surface area contributed by atoms with Gasteiger partial charge < -0.3 is 10.1 Å². The number of anilines is 1. The highest BCUT2D eigenvalue weighted by Crippen LogP contribution is 2.44. The van der Waals surface area contributed by atoms with Gasteiger partial charge in [-0.1, -0.05) is 67.6 Å². The average molecular weight is 446 g/mol. The van der Waals surface area contributed by atoms with E-state index in [1.807, 2.05) is 66.7 Å². The standard InChI is InChI=1S/C27H27NO3S/c1-3-31-27(30)24-23-18(2)11-10-16-22(23)32-26(24)28-25(29)21(20-14-8-5-9-15-20)17-19-12-6-4-7-13-19/h4-9,12-15,17-18H,3,10-11,16H2,1-2H3,(H,28,29). The normalized spacial score (nSPS) is 15.7. The zero-order chi connectivity index (χ0) is 22.5. The van der Waals surface area contributed by atoms with Crippen molar-refractivity contribution in [3.05, 3.63) is 87.8 Å². The molecule has 4 nitrogen and oxygen atoms in total. The molecule has 1 atom stereocenters. The summed E-state index contributed by atoms with van der Waals surface area (Å²) in [5.74, 6) is -0.326. The van der Waals surface area contributed by atoms with Crippen molar-refractivity contribution in [2.75, 3.05) is 11.9 Å². The van der Waals surface area contributed by atoms with Gasteiger partial charge in [0.1, 0.15) is 5.00 Å². The molecule has 0 spiro atoms. The van der Waals surface area contributed by atoms with Gasteiger partial charge in [0, 0.05) is 10.5 Å². The second-order valence-electron chi connectivity index (χ2n) is 7.95. The van der Waals surface area contributed by atoms with E-state index in [-0.39, 0.29) is 17.8 Å². The lowest BCUT2D eigenvalue weighted by Gasteiger charge is -2.19. The number of benzene rings is 2. The quantitative estimate of drug-likeness (QED) is 0.266. The first kappa shape index (κ1) is 22.0. The van der Waals surface area contributed by atoms with E-state index < -0.39 is 0 Å². The number of aryl methyl sites for hydroxylation is 1. The molecular formula is C27H27NO3S. The van der Waals surface area contributed by atoms with Crippen LogP contribution in [0, 0.1) is 0 Å². The fourth-order valence-corrected chi connectivity index (χ4v) is 5.53. The van der Waals surface area contributed by atoms with Crippen molar-refractivity contribution in [1.29, 1.82) is 0 Å². The maximum Gasteiger partial charge on any atom is 0.341 e. The monoisotopic (exact) mass is 445 g/mol. The molecule has 0 radical (unpaired) electrons. The summed E-state index contributed by atoms with van der Waals surface area (Å²) in [5, 5.41) is 3.64. The van der Waals surface area contributed by atoms with E-state index in [0.29, 0.717) is 22.7 Å². The molecule has 1 amide bonds. The molecular weight excluding hydrogens is 418 g/mol. The number of ether oxygens (including phenoxy) is 1. The van der Waals surface area contributed by atoms with Crippen LogP contribution in [0.1, 0.15) is 64.5 Å². The highest BCUT2D eigenvalue weighted by Gasteiger charge is 2.31. The van der Waals surface area contributed by atoms with Gasteiger partial charge >= 0.3 is 5.97 Å². The first-order valence-corrected chi connectivity index (χ1v) is 11.9. The summed E-state index contributed by atoms with van der Waals surface area (Å²) in [6.07, 6.45) is 4.93. The van der Waals surface area contributed by atoms with Crippen LogP contribution in [0.3, 0.4) is 0 Å². The third-order valence-electron chi connectivity index (χ3n) is 5.70. The predicted octanol–water partition coefficient (Wildman–Crippen LogP) is 6.54. The van der Waals surface area contributed by atoms with Crippen LogP contribution in [0.5, 0.6) is 0 Å². The first-order valence-electron chi connectivity index (χ1n) is 11.0. The zero-order valence-electron chi connectivity index (χ0n) is 18.4. The van der Waals surface area contributed by atoms with Crippen molar-refractivity contribution in [2.24, 2.45) is 0 Å². The van der Waals surface area contributed by atoms with E-state index in [4.69, 9.17) is 4.74 Å². The van der Waals surface area contributed by atoms with Crippen molar-refractivity contribution < 1.29 is 14.3 Å². The highest BCUT2D eigenvalue weighted by atomic mass is 32.1. The molecule has 2 aromatic carbocycles. The van der Waals surface area contributed by atoms with E-state index in [1.165, 1.54) is 16.2 Å². The fraction of sp³-hybridized carbons (Fsp3) is 0.259. The number of nitrogens with one attached hydrogen (secondary N) is 1. The van der Waals surface area contributed by atoms with Crippen molar-refractivity contribution in [2.45, 2.75) is 39.0 Å². The van der Waals surface area contributed by atoms with Crippen molar-refractivity contribution in [3.63, 3.8) is 0 Å². The summed E-state index contributed by atoms with van der Waals surface area (Å²) >= 11 is 1.51. The molecule has 5 heteroatoms. The van der Waals surface area contributed by atoms with Gasteiger partial charge in [-0.2, -0.15) is 0 Å².